The number of H-pyrrole nitrogens is 1. The van der Waals surface area contributed by atoms with E-state index in [0.717, 1.165) is 17.3 Å². The van der Waals surface area contributed by atoms with Crippen LogP contribution in [0.5, 0.6) is 5.75 Å². The molecule has 0 saturated carbocycles. The zero-order valence-corrected chi connectivity index (χ0v) is 16.1. The fraction of sp³-hybridized carbons (Fsp3) is 0.0952. The van der Waals surface area contributed by atoms with Gasteiger partial charge in [0.15, 0.2) is 11.6 Å². The monoisotopic (exact) mass is 436 g/mol. The van der Waals surface area contributed by atoms with E-state index in [9.17, 15) is 17.6 Å². The van der Waals surface area contributed by atoms with Gasteiger partial charge in [-0.25, -0.2) is 9.37 Å². The minimum absolute atomic E-state index is 0.199. The standard InChI is InChI=1S/C21H13ClF4N2O2/c1-11-19(12-2-5-14(23)6-3-12)28-20(27-11)18-9-8-16(29-18)13-4-7-17(15(22)10-13)30-21(24,25)26/h2-10H,1H3,(H,27,28). The number of hydrogen-bond donors (Lipinski definition) is 1. The number of aromatic nitrogens is 2. The number of furan rings is 1. The van der Waals surface area contributed by atoms with Crippen molar-refractivity contribution in [3.8, 4) is 39.9 Å². The second-order valence-electron chi connectivity index (χ2n) is 6.42. The third-order valence-electron chi connectivity index (χ3n) is 4.28. The lowest BCUT2D eigenvalue weighted by Gasteiger charge is -2.10. The van der Waals surface area contributed by atoms with Crippen molar-refractivity contribution in [2.24, 2.45) is 0 Å². The number of aryl methyl sites for hydroxylation is 1. The summed E-state index contributed by atoms with van der Waals surface area (Å²) in [5.74, 6) is 0.440. The third kappa shape index (κ3) is 4.18. The lowest BCUT2D eigenvalue weighted by Crippen LogP contribution is -2.17. The van der Waals surface area contributed by atoms with Crippen LogP contribution in [0, 0.1) is 12.7 Å². The number of alkyl halides is 3. The number of nitrogens with zero attached hydrogens (tertiary/aromatic N) is 1. The molecule has 0 radical (unpaired) electrons. The van der Waals surface area contributed by atoms with Crippen LogP contribution in [0.4, 0.5) is 17.6 Å². The van der Waals surface area contributed by atoms with Crippen molar-refractivity contribution in [1.29, 1.82) is 0 Å². The Hall–Kier alpha value is -3.26. The Balaban J connectivity index is 1.61. The summed E-state index contributed by atoms with van der Waals surface area (Å²) >= 11 is 5.90. The molecule has 30 heavy (non-hydrogen) atoms. The van der Waals surface area contributed by atoms with Gasteiger partial charge in [-0.15, -0.1) is 13.2 Å². The van der Waals surface area contributed by atoms with E-state index >= 15 is 0 Å². The van der Waals surface area contributed by atoms with Gasteiger partial charge in [-0.2, -0.15) is 0 Å². The summed E-state index contributed by atoms with van der Waals surface area (Å²) in [6, 6.07) is 13.1. The van der Waals surface area contributed by atoms with Gasteiger partial charge in [0.2, 0.25) is 0 Å². The zero-order chi connectivity index (χ0) is 21.5. The molecule has 1 N–H and O–H groups in total. The first kappa shape index (κ1) is 20.0. The van der Waals surface area contributed by atoms with Crippen molar-refractivity contribution in [1.82, 2.24) is 9.97 Å². The normalized spacial score (nSPS) is 11.7. The van der Waals surface area contributed by atoms with E-state index in [-0.39, 0.29) is 10.8 Å². The Bertz CT molecular complexity index is 1200. The number of nitrogens with one attached hydrogen (secondary N) is 1. The molecule has 0 aliphatic carbocycles. The van der Waals surface area contributed by atoms with Gasteiger partial charge in [-0.1, -0.05) is 11.6 Å². The first-order valence-corrected chi connectivity index (χ1v) is 9.06. The summed E-state index contributed by atoms with van der Waals surface area (Å²) in [5, 5.41) is -0.199. The average molecular weight is 437 g/mol. The number of rotatable bonds is 4. The third-order valence-corrected chi connectivity index (χ3v) is 4.58. The minimum atomic E-state index is -4.83. The van der Waals surface area contributed by atoms with Crippen LogP contribution in [0.25, 0.3) is 34.2 Å². The van der Waals surface area contributed by atoms with E-state index < -0.39 is 12.1 Å². The maximum Gasteiger partial charge on any atom is 0.573 e. The molecule has 0 aliphatic heterocycles. The minimum Gasteiger partial charge on any atom is -0.453 e. The van der Waals surface area contributed by atoms with Crippen molar-refractivity contribution < 1.29 is 26.7 Å². The van der Waals surface area contributed by atoms with Gasteiger partial charge in [0.05, 0.1) is 10.7 Å². The predicted molar refractivity (Wildman–Crippen MR) is 104 cm³/mol. The van der Waals surface area contributed by atoms with E-state index in [1.165, 1.54) is 24.3 Å². The molecule has 0 bridgehead atoms. The van der Waals surface area contributed by atoms with Crippen molar-refractivity contribution in [2.45, 2.75) is 13.3 Å². The Morgan fingerprint density at radius 3 is 2.30 bits per heavy atom. The van der Waals surface area contributed by atoms with Crippen LogP contribution in [0.2, 0.25) is 5.02 Å². The zero-order valence-electron chi connectivity index (χ0n) is 15.3. The largest absolute Gasteiger partial charge is 0.573 e. The van der Waals surface area contributed by atoms with E-state index in [2.05, 4.69) is 14.7 Å². The van der Waals surface area contributed by atoms with Crippen LogP contribution in [-0.4, -0.2) is 16.3 Å². The first-order valence-electron chi connectivity index (χ1n) is 8.68. The lowest BCUT2D eigenvalue weighted by atomic mass is 10.1. The molecule has 0 aliphatic rings. The number of ether oxygens (including phenoxy) is 1. The van der Waals surface area contributed by atoms with Crippen LogP contribution >= 0.6 is 11.6 Å². The smallest absolute Gasteiger partial charge is 0.453 e. The highest BCUT2D eigenvalue weighted by molar-refractivity contribution is 6.32. The molecule has 0 saturated heterocycles. The maximum atomic E-state index is 13.2. The highest BCUT2D eigenvalue weighted by Crippen LogP contribution is 2.35. The Kier molecular flexibility index (Phi) is 5.03. The Morgan fingerprint density at radius 2 is 1.63 bits per heavy atom. The van der Waals surface area contributed by atoms with Gasteiger partial charge in [0, 0.05) is 16.8 Å². The molecule has 9 heteroatoms. The average Bonchev–Trinajstić information content (AvgIpc) is 3.30. The molecule has 0 amide bonds. The maximum absolute atomic E-state index is 13.2. The fourth-order valence-electron chi connectivity index (χ4n) is 2.95. The molecule has 0 unspecified atom stereocenters. The number of halogens is 5. The van der Waals surface area contributed by atoms with E-state index in [0.29, 0.717) is 28.6 Å². The molecule has 0 fully saturated rings. The Labute approximate surface area is 173 Å². The van der Waals surface area contributed by atoms with Crippen molar-refractivity contribution in [3.63, 3.8) is 0 Å². The van der Waals surface area contributed by atoms with E-state index in [1.807, 2.05) is 6.92 Å². The van der Waals surface area contributed by atoms with Crippen LogP contribution in [0.15, 0.2) is 59.0 Å². The number of imidazole rings is 1. The second-order valence-corrected chi connectivity index (χ2v) is 6.83. The van der Waals surface area contributed by atoms with Crippen molar-refractivity contribution in [2.75, 3.05) is 0 Å². The van der Waals surface area contributed by atoms with Gasteiger partial charge in [-0.3, -0.25) is 0 Å². The highest BCUT2D eigenvalue weighted by atomic mass is 35.5. The highest BCUT2D eigenvalue weighted by Gasteiger charge is 2.32. The summed E-state index contributed by atoms with van der Waals surface area (Å²) in [5.41, 5.74) is 2.64. The second kappa shape index (κ2) is 7.53. The number of aromatic amines is 1. The number of hydrogen-bond acceptors (Lipinski definition) is 3. The molecule has 4 rings (SSSR count). The van der Waals surface area contributed by atoms with Gasteiger partial charge >= 0.3 is 6.36 Å². The van der Waals surface area contributed by atoms with Gasteiger partial charge in [0.1, 0.15) is 17.3 Å². The molecular formula is C21H13ClF4N2O2. The predicted octanol–water partition coefficient (Wildman–Crippen LogP) is 7.00. The summed E-state index contributed by atoms with van der Waals surface area (Å²) < 4.78 is 60.0. The molecule has 2 aromatic carbocycles. The molecule has 0 atom stereocenters. The first-order chi connectivity index (χ1) is 14.2. The molecular weight excluding hydrogens is 424 g/mol. The van der Waals surface area contributed by atoms with E-state index in [4.69, 9.17) is 16.0 Å². The van der Waals surface area contributed by atoms with Crippen molar-refractivity contribution >= 4 is 11.6 Å². The molecule has 4 nitrogen and oxygen atoms in total. The van der Waals surface area contributed by atoms with Crippen LogP contribution < -0.4 is 4.74 Å². The van der Waals surface area contributed by atoms with Gasteiger partial charge in [-0.05, 0) is 61.5 Å². The number of benzene rings is 2. The molecule has 154 valence electrons. The van der Waals surface area contributed by atoms with Crippen LogP contribution in [0.3, 0.4) is 0 Å². The summed E-state index contributed by atoms with van der Waals surface area (Å²) in [6.07, 6.45) is -4.83. The quantitative estimate of drug-likeness (QED) is 0.350. The molecule has 4 aromatic rings. The SMILES string of the molecule is Cc1[nH]c(-c2ccc(-c3ccc(OC(F)(F)F)c(Cl)c3)o2)nc1-c1ccc(F)cc1. The van der Waals surface area contributed by atoms with Crippen LogP contribution in [-0.2, 0) is 0 Å². The summed E-state index contributed by atoms with van der Waals surface area (Å²) in [7, 11) is 0. The molecule has 2 heterocycles. The lowest BCUT2D eigenvalue weighted by molar-refractivity contribution is -0.274. The van der Waals surface area contributed by atoms with Crippen molar-refractivity contribution in [3.05, 3.63) is 71.1 Å². The Morgan fingerprint density at radius 1 is 0.967 bits per heavy atom. The summed E-state index contributed by atoms with van der Waals surface area (Å²) in [4.78, 5) is 7.63. The van der Waals surface area contributed by atoms with Crippen LogP contribution in [0.1, 0.15) is 5.69 Å². The van der Waals surface area contributed by atoms with Gasteiger partial charge < -0.3 is 14.1 Å². The summed E-state index contributed by atoms with van der Waals surface area (Å²) in [6.45, 7) is 1.83. The fourth-order valence-corrected chi connectivity index (χ4v) is 3.17. The van der Waals surface area contributed by atoms with Gasteiger partial charge in [0.25, 0.3) is 0 Å². The topological polar surface area (TPSA) is 51.0 Å². The molecule has 0 spiro atoms. The van der Waals surface area contributed by atoms with E-state index in [1.54, 1.807) is 24.3 Å². The molecule has 2 aromatic heterocycles.